The first kappa shape index (κ1) is 12.9. The molecule has 2 nitrogen and oxygen atoms in total. The first-order valence-corrected chi connectivity index (χ1v) is 5.61. The zero-order valence-electron chi connectivity index (χ0n) is 9.68. The van der Waals surface area contributed by atoms with Crippen LogP contribution in [-0.2, 0) is 4.74 Å². The van der Waals surface area contributed by atoms with Crippen molar-refractivity contribution in [3.8, 4) is 0 Å². The van der Waals surface area contributed by atoms with Crippen molar-refractivity contribution in [3.05, 3.63) is 0 Å². The SMILES string of the molecule is CC.CCN1CCCCC1COC. The van der Waals surface area contributed by atoms with Crippen LogP contribution in [0, 0.1) is 0 Å². The minimum Gasteiger partial charge on any atom is -0.383 e. The first-order valence-electron chi connectivity index (χ1n) is 5.61. The van der Waals surface area contributed by atoms with E-state index in [0.717, 1.165) is 6.61 Å². The van der Waals surface area contributed by atoms with Crippen LogP contribution in [0.5, 0.6) is 0 Å². The summed E-state index contributed by atoms with van der Waals surface area (Å²) in [5.41, 5.74) is 0. The molecular weight excluding hydrogens is 162 g/mol. The Kier molecular flexibility index (Phi) is 8.46. The molecule has 1 atom stereocenters. The summed E-state index contributed by atoms with van der Waals surface area (Å²) in [6.45, 7) is 9.58. The second-order valence-corrected chi connectivity index (χ2v) is 3.23. The topological polar surface area (TPSA) is 12.5 Å². The van der Waals surface area contributed by atoms with Gasteiger partial charge in [0.2, 0.25) is 0 Å². The summed E-state index contributed by atoms with van der Waals surface area (Å²) in [7, 11) is 1.79. The number of piperidine rings is 1. The zero-order valence-corrected chi connectivity index (χ0v) is 9.68. The fourth-order valence-electron chi connectivity index (χ4n) is 1.86. The molecule has 0 amide bonds. The van der Waals surface area contributed by atoms with E-state index in [1.807, 2.05) is 13.8 Å². The molecule has 1 rings (SSSR count). The minimum absolute atomic E-state index is 0.693. The highest BCUT2D eigenvalue weighted by Gasteiger charge is 2.19. The molecule has 0 N–H and O–H groups in total. The number of nitrogens with zero attached hydrogens (tertiary/aromatic N) is 1. The predicted octanol–water partition coefficient (Wildman–Crippen LogP) is 2.53. The molecule has 0 bridgehead atoms. The summed E-state index contributed by atoms with van der Waals surface area (Å²) < 4.78 is 5.17. The lowest BCUT2D eigenvalue weighted by atomic mass is 10.0. The molecule has 0 aromatic rings. The normalized spacial score (nSPS) is 23.5. The monoisotopic (exact) mass is 187 g/mol. The van der Waals surface area contributed by atoms with Gasteiger partial charge in [0.1, 0.15) is 0 Å². The smallest absolute Gasteiger partial charge is 0.0618 e. The Balaban J connectivity index is 0.000000671. The van der Waals surface area contributed by atoms with Gasteiger partial charge in [-0.25, -0.2) is 0 Å². The second-order valence-electron chi connectivity index (χ2n) is 3.23. The molecule has 13 heavy (non-hydrogen) atoms. The van der Waals surface area contributed by atoms with Gasteiger partial charge < -0.3 is 4.74 Å². The molecule has 1 unspecified atom stereocenters. The Morgan fingerprint density at radius 3 is 2.54 bits per heavy atom. The second kappa shape index (κ2) is 8.52. The minimum atomic E-state index is 0.693. The predicted molar refractivity (Wildman–Crippen MR) is 58.1 cm³/mol. The van der Waals surface area contributed by atoms with Gasteiger partial charge in [-0.3, -0.25) is 4.90 Å². The molecule has 1 aliphatic heterocycles. The zero-order chi connectivity index (χ0) is 10.1. The maximum absolute atomic E-state index is 5.17. The molecule has 80 valence electrons. The summed E-state index contributed by atoms with van der Waals surface area (Å²) in [5, 5.41) is 0. The summed E-state index contributed by atoms with van der Waals surface area (Å²) in [5.74, 6) is 0. The molecule has 0 spiro atoms. The van der Waals surface area contributed by atoms with Crippen molar-refractivity contribution in [1.82, 2.24) is 4.90 Å². The fourth-order valence-corrected chi connectivity index (χ4v) is 1.86. The number of rotatable bonds is 3. The van der Waals surface area contributed by atoms with Crippen molar-refractivity contribution in [3.63, 3.8) is 0 Å². The van der Waals surface area contributed by atoms with Gasteiger partial charge in [-0.2, -0.15) is 0 Å². The Morgan fingerprint density at radius 2 is 2.00 bits per heavy atom. The van der Waals surface area contributed by atoms with Gasteiger partial charge in [-0.15, -0.1) is 0 Å². The van der Waals surface area contributed by atoms with Crippen LogP contribution in [0.25, 0.3) is 0 Å². The summed E-state index contributed by atoms with van der Waals surface area (Å²) in [4.78, 5) is 2.52. The molecule has 0 saturated carbocycles. The van der Waals surface area contributed by atoms with E-state index in [-0.39, 0.29) is 0 Å². The molecule has 1 aliphatic rings. The average molecular weight is 187 g/mol. The van der Waals surface area contributed by atoms with Crippen LogP contribution in [-0.4, -0.2) is 37.7 Å². The molecule has 0 aromatic carbocycles. The number of likely N-dealkylation sites (tertiary alicyclic amines) is 1. The van der Waals surface area contributed by atoms with E-state index in [2.05, 4.69) is 11.8 Å². The third-order valence-electron chi connectivity index (χ3n) is 2.51. The standard InChI is InChI=1S/C9H19NO.C2H6/c1-3-10-7-5-4-6-9(10)8-11-2;1-2/h9H,3-8H2,1-2H3;1-2H3. The van der Waals surface area contributed by atoms with Crippen molar-refractivity contribution in [2.75, 3.05) is 26.8 Å². The molecule has 1 fully saturated rings. The number of methoxy groups -OCH3 is 1. The largest absolute Gasteiger partial charge is 0.383 e. The van der Waals surface area contributed by atoms with Crippen molar-refractivity contribution < 1.29 is 4.74 Å². The Bertz CT molecular complexity index is 104. The van der Waals surface area contributed by atoms with Crippen molar-refractivity contribution in [1.29, 1.82) is 0 Å². The molecule has 1 heterocycles. The van der Waals surface area contributed by atoms with E-state index < -0.39 is 0 Å². The lowest BCUT2D eigenvalue weighted by Crippen LogP contribution is -2.41. The first-order chi connectivity index (χ1) is 6.38. The van der Waals surface area contributed by atoms with Crippen LogP contribution < -0.4 is 0 Å². The number of hydrogen-bond acceptors (Lipinski definition) is 2. The van der Waals surface area contributed by atoms with Crippen LogP contribution >= 0.6 is 0 Å². The van der Waals surface area contributed by atoms with Crippen LogP contribution in [0.1, 0.15) is 40.0 Å². The third kappa shape index (κ3) is 4.63. The third-order valence-corrected chi connectivity index (χ3v) is 2.51. The van der Waals surface area contributed by atoms with Crippen LogP contribution in [0.2, 0.25) is 0 Å². The van der Waals surface area contributed by atoms with E-state index in [1.165, 1.54) is 32.4 Å². The van der Waals surface area contributed by atoms with E-state index in [0.29, 0.717) is 6.04 Å². The van der Waals surface area contributed by atoms with E-state index in [4.69, 9.17) is 4.74 Å². The van der Waals surface area contributed by atoms with Crippen molar-refractivity contribution >= 4 is 0 Å². The molecule has 0 aliphatic carbocycles. The summed E-state index contributed by atoms with van der Waals surface area (Å²) in [6, 6.07) is 0.693. The van der Waals surface area contributed by atoms with Crippen LogP contribution in [0.15, 0.2) is 0 Å². The maximum Gasteiger partial charge on any atom is 0.0618 e. The Hall–Kier alpha value is -0.0800. The van der Waals surface area contributed by atoms with Gasteiger partial charge in [0, 0.05) is 13.2 Å². The molecule has 2 heteroatoms. The van der Waals surface area contributed by atoms with Gasteiger partial charge in [-0.1, -0.05) is 27.2 Å². The van der Waals surface area contributed by atoms with Gasteiger partial charge in [0.05, 0.1) is 6.61 Å². The number of likely N-dealkylation sites (N-methyl/N-ethyl adjacent to an activating group) is 1. The van der Waals surface area contributed by atoms with Gasteiger partial charge >= 0.3 is 0 Å². The van der Waals surface area contributed by atoms with Crippen molar-refractivity contribution in [2.45, 2.75) is 46.1 Å². The van der Waals surface area contributed by atoms with Crippen LogP contribution in [0.4, 0.5) is 0 Å². The maximum atomic E-state index is 5.17. The molecule has 0 radical (unpaired) electrons. The quantitative estimate of drug-likeness (QED) is 0.673. The van der Waals surface area contributed by atoms with Gasteiger partial charge in [0.25, 0.3) is 0 Å². The molecule has 0 aromatic heterocycles. The lowest BCUT2D eigenvalue weighted by Gasteiger charge is -2.34. The number of hydrogen-bond donors (Lipinski definition) is 0. The number of ether oxygens (including phenoxy) is 1. The van der Waals surface area contributed by atoms with E-state index in [9.17, 15) is 0 Å². The fraction of sp³-hybridized carbons (Fsp3) is 1.00. The van der Waals surface area contributed by atoms with E-state index in [1.54, 1.807) is 7.11 Å². The highest BCUT2D eigenvalue weighted by Crippen LogP contribution is 2.16. The van der Waals surface area contributed by atoms with Crippen molar-refractivity contribution in [2.24, 2.45) is 0 Å². The van der Waals surface area contributed by atoms with E-state index >= 15 is 0 Å². The summed E-state index contributed by atoms with van der Waals surface area (Å²) in [6.07, 6.45) is 4.07. The van der Waals surface area contributed by atoms with Gasteiger partial charge in [-0.05, 0) is 25.9 Å². The average Bonchev–Trinajstić information content (AvgIpc) is 2.22. The molecular formula is C11H25NO. The lowest BCUT2D eigenvalue weighted by molar-refractivity contribution is 0.0688. The van der Waals surface area contributed by atoms with Gasteiger partial charge in [0.15, 0.2) is 0 Å². The molecule has 1 saturated heterocycles. The Labute approximate surface area is 83.3 Å². The highest BCUT2D eigenvalue weighted by molar-refractivity contribution is 4.75. The highest BCUT2D eigenvalue weighted by atomic mass is 16.5. The summed E-state index contributed by atoms with van der Waals surface area (Å²) >= 11 is 0. The Morgan fingerprint density at radius 1 is 1.31 bits per heavy atom. The van der Waals surface area contributed by atoms with Crippen LogP contribution in [0.3, 0.4) is 0 Å².